The van der Waals surface area contributed by atoms with Crippen LogP contribution in [0.15, 0.2) is 30.3 Å². The van der Waals surface area contributed by atoms with Gasteiger partial charge in [0.1, 0.15) is 0 Å². The topological polar surface area (TPSA) is 66.5 Å². The Balaban J connectivity index is 1.90. The van der Waals surface area contributed by atoms with Gasteiger partial charge in [-0.2, -0.15) is 0 Å². The smallest absolute Gasteiger partial charge is 0.219 e. The Bertz CT molecular complexity index is 564. The fourth-order valence-electron chi connectivity index (χ4n) is 2.48. The van der Waals surface area contributed by atoms with Crippen LogP contribution in [0.3, 0.4) is 0 Å². The van der Waals surface area contributed by atoms with Crippen molar-refractivity contribution in [1.29, 1.82) is 0 Å². The highest BCUT2D eigenvalue weighted by Crippen LogP contribution is 2.17. The quantitative estimate of drug-likeness (QED) is 0.896. The Morgan fingerprint density at radius 1 is 1.24 bits per heavy atom. The first-order chi connectivity index (χ1) is 10.0. The Morgan fingerprint density at radius 2 is 1.86 bits per heavy atom. The number of nitrogens with one attached hydrogen (secondary N) is 1. The molecule has 0 atom stereocenters. The lowest BCUT2D eigenvalue weighted by Crippen LogP contribution is -2.46. The van der Waals surface area contributed by atoms with Gasteiger partial charge in [0.15, 0.2) is 0 Å². The molecule has 0 unspecified atom stereocenters. The van der Waals surface area contributed by atoms with Crippen molar-refractivity contribution in [2.75, 3.05) is 13.1 Å². The van der Waals surface area contributed by atoms with E-state index in [0.717, 1.165) is 5.56 Å². The molecule has 1 heterocycles. The third-order valence-electron chi connectivity index (χ3n) is 3.73. The lowest BCUT2D eigenvalue weighted by atomic mass is 10.1. The van der Waals surface area contributed by atoms with Crippen molar-refractivity contribution in [3.8, 4) is 0 Å². The van der Waals surface area contributed by atoms with Gasteiger partial charge in [-0.3, -0.25) is 4.79 Å². The molecule has 1 aliphatic heterocycles. The normalized spacial score (nSPS) is 17.6. The van der Waals surface area contributed by atoms with Gasteiger partial charge in [0.05, 0.1) is 5.75 Å². The SMILES string of the molecule is CCC(=O)NC1CCN(S(=O)(=O)Cc2ccccc2)CC1. The van der Waals surface area contributed by atoms with Crippen LogP contribution in [-0.4, -0.2) is 37.8 Å². The molecule has 1 saturated heterocycles. The van der Waals surface area contributed by atoms with Crippen molar-refractivity contribution >= 4 is 15.9 Å². The molecule has 5 nitrogen and oxygen atoms in total. The molecule has 1 aliphatic rings. The lowest BCUT2D eigenvalue weighted by Gasteiger charge is -2.31. The first-order valence-corrected chi connectivity index (χ1v) is 8.93. The zero-order chi connectivity index (χ0) is 15.3. The Labute approximate surface area is 126 Å². The number of sulfonamides is 1. The molecule has 2 rings (SSSR count). The first kappa shape index (κ1) is 16.0. The highest BCUT2D eigenvalue weighted by atomic mass is 32.2. The van der Waals surface area contributed by atoms with E-state index in [9.17, 15) is 13.2 Å². The van der Waals surface area contributed by atoms with Crippen molar-refractivity contribution < 1.29 is 13.2 Å². The fraction of sp³-hybridized carbons (Fsp3) is 0.533. The van der Waals surface area contributed by atoms with Gasteiger partial charge >= 0.3 is 0 Å². The summed E-state index contributed by atoms with van der Waals surface area (Å²) in [5.74, 6) is 0.0698. The lowest BCUT2D eigenvalue weighted by molar-refractivity contribution is -0.121. The molecule has 1 N–H and O–H groups in total. The number of piperidine rings is 1. The van der Waals surface area contributed by atoms with Crippen molar-refractivity contribution in [1.82, 2.24) is 9.62 Å². The van der Waals surface area contributed by atoms with E-state index in [4.69, 9.17) is 0 Å². The molecular formula is C15H22N2O3S. The van der Waals surface area contributed by atoms with Crippen LogP contribution in [-0.2, 0) is 20.6 Å². The van der Waals surface area contributed by atoms with E-state index in [1.54, 1.807) is 0 Å². The van der Waals surface area contributed by atoms with Crippen LogP contribution in [0, 0.1) is 0 Å². The molecule has 0 radical (unpaired) electrons. The van der Waals surface area contributed by atoms with Crippen LogP contribution in [0.5, 0.6) is 0 Å². The number of rotatable bonds is 5. The predicted molar refractivity (Wildman–Crippen MR) is 82.1 cm³/mol. The number of benzene rings is 1. The van der Waals surface area contributed by atoms with E-state index < -0.39 is 10.0 Å². The standard InChI is InChI=1S/C15H22N2O3S/c1-2-15(18)16-14-8-10-17(11-9-14)21(19,20)12-13-6-4-3-5-7-13/h3-7,14H,2,8-12H2,1H3,(H,16,18). The van der Waals surface area contributed by atoms with Crippen LogP contribution in [0.25, 0.3) is 0 Å². The third-order valence-corrected chi connectivity index (χ3v) is 5.58. The Kier molecular flexibility index (Phi) is 5.36. The largest absolute Gasteiger partial charge is 0.353 e. The fourth-order valence-corrected chi connectivity index (χ4v) is 4.05. The maximum Gasteiger partial charge on any atom is 0.219 e. The van der Waals surface area contributed by atoms with Gasteiger partial charge in [-0.05, 0) is 18.4 Å². The second-order valence-corrected chi connectivity index (χ2v) is 7.31. The van der Waals surface area contributed by atoms with Gasteiger partial charge in [-0.15, -0.1) is 0 Å². The van der Waals surface area contributed by atoms with Crippen LogP contribution in [0.1, 0.15) is 31.7 Å². The summed E-state index contributed by atoms with van der Waals surface area (Å²) in [5, 5.41) is 2.93. The summed E-state index contributed by atoms with van der Waals surface area (Å²) in [6, 6.07) is 9.31. The first-order valence-electron chi connectivity index (χ1n) is 7.32. The zero-order valence-electron chi connectivity index (χ0n) is 12.3. The van der Waals surface area contributed by atoms with Crippen molar-refractivity contribution in [3.05, 3.63) is 35.9 Å². The number of carbonyl (C=O) groups excluding carboxylic acids is 1. The van der Waals surface area contributed by atoms with Crippen molar-refractivity contribution in [3.63, 3.8) is 0 Å². The van der Waals surface area contributed by atoms with Crippen molar-refractivity contribution in [2.24, 2.45) is 0 Å². The second kappa shape index (κ2) is 7.04. The Hall–Kier alpha value is -1.40. The van der Waals surface area contributed by atoms with Gasteiger partial charge in [0.25, 0.3) is 0 Å². The summed E-state index contributed by atoms with van der Waals surface area (Å²) >= 11 is 0. The molecule has 0 aromatic heterocycles. The average molecular weight is 310 g/mol. The minimum Gasteiger partial charge on any atom is -0.353 e. The highest BCUT2D eigenvalue weighted by molar-refractivity contribution is 7.88. The monoisotopic (exact) mass is 310 g/mol. The predicted octanol–water partition coefficient (Wildman–Crippen LogP) is 1.51. The molecule has 0 spiro atoms. The van der Waals surface area contributed by atoms with Crippen molar-refractivity contribution in [2.45, 2.75) is 38.0 Å². The van der Waals surface area contributed by atoms with E-state index in [1.165, 1.54) is 4.31 Å². The number of hydrogen-bond donors (Lipinski definition) is 1. The van der Waals surface area contributed by atoms with Crippen LogP contribution in [0.2, 0.25) is 0 Å². The summed E-state index contributed by atoms with van der Waals surface area (Å²) in [4.78, 5) is 11.4. The molecule has 1 aromatic rings. The molecular weight excluding hydrogens is 288 g/mol. The second-order valence-electron chi connectivity index (χ2n) is 5.34. The maximum absolute atomic E-state index is 12.4. The number of nitrogens with zero attached hydrogens (tertiary/aromatic N) is 1. The number of amides is 1. The highest BCUT2D eigenvalue weighted by Gasteiger charge is 2.28. The van der Waals surface area contributed by atoms with E-state index in [-0.39, 0.29) is 17.7 Å². The zero-order valence-corrected chi connectivity index (χ0v) is 13.1. The minimum absolute atomic E-state index is 0.0283. The molecule has 1 amide bonds. The van der Waals surface area contributed by atoms with Gasteiger partial charge < -0.3 is 5.32 Å². The molecule has 1 aromatic carbocycles. The average Bonchev–Trinajstić information content (AvgIpc) is 2.48. The number of hydrogen-bond acceptors (Lipinski definition) is 3. The molecule has 0 aliphatic carbocycles. The summed E-state index contributed by atoms with van der Waals surface area (Å²) in [6.45, 7) is 2.77. The summed E-state index contributed by atoms with van der Waals surface area (Å²) in [6.07, 6.45) is 1.83. The van der Waals surface area contributed by atoms with E-state index in [0.29, 0.717) is 32.4 Å². The van der Waals surface area contributed by atoms with Gasteiger partial charge in [0.2, 0.25) is 15.9 Å². The van der Waals surface area contributed by atoms with Crippen LogP contribution in [0.4, 0.5) is 0 Å². The number of carbonyl (C=O) groups is 1. The van der Waals surface area contributed by atoms with E-state index in [2.05, 4.69) is 5.32 Å². The molecule has 21 heavy (non-hydrogen) atoms. The van der Waals surface area contributed by atoms with E-state index >= 15 is 0 Å². The summed E-state index contributed by atoms with van der Waals surface area (Å²) < 4.78 is 26.3. The third kappa shape index (κ3) is 4.54. The van der Waals surface area contributed by atoms with Gasteiger partial charge in [0, 0.05) is 25.6 Å². The van der Waals surface area contributed by atoms with Crippen LogP contribution < -0.4 is 5.32 Å². The molecule has 1 fully saturated rings. The Morgan fingerprint density at radius 3 is 2.43 bits per heavy atom. The van der Waals surface area contributed by atoms with Crippen LogP contribution >= 0.6 is 0 Å². The maximum atomic E-state index is 12.4. The molecule has 0 saturated carbocycles. The van der Waals surface area contributed by atoms with E-state index in [1.807, 2.05) is 37.3 Å². The molecule has 0 bridgehead atoms. The molecule has 6 heteroatoms. The summed E-state index contributed by atoms with van der Waals surface area (Å²) in [5.41, 5.74) is 0.805. The van der Waals surface area contributed by atoms with Gasteiger partial charge in [-0.1, -0.05) is 37.3 Å². The summed E-state index contributed by atoms with van der Waals surface area (Å²) in [7, 11) is -3.27. The molecule has 116 valence electrons. The van der Waals surface area contributed by atoms with Gasteiger partial charge in [-0.25, -0.2) is 12.7 Å². The minimum atomic E-state index is -3.27.